The van der Waals surface area contributed by atoms with Crippen molar-refractivity contribution in [3.8, 4) is 0 Å². The Morgan fingerprint density at radius 2 is 1.73 bits per heavy atom. The number of nitrogens with two attached hydrogens (primary N) is 1. The number of benzene rings is 1. The highest BCUT2D eigenvalue weighted by atomic mass is 19.1. The van der Waals surface area contributed by atoms with Gasteiger partial charge < -0.3 is 20.5 Å². The lowest BCUT2D eigenvalue weighted by molar-refractivity contribution is -0.146. The van der Waals surface area contributed by atoms with Crippen LogP contribution < -0.4 is 11.1 Å². The number of rotatable bonds is 7. The second-order valence-corrected chi connectivity index (χ2v) is 6.41. The van der Waals surface area contributed by atoms with Gasteiger partial charge in [-0.1, -0.05) is 0 Å². The fraction of sp³-hybridized carbons (Fsp3) is 0.412. The maximum absolute atomic E-state index is 12.8. The third-order valence-electron chi connectivity index (χ3n) is 2.89. The van der Waals surface area contributed by atoms with E-state index in [9.17, 15) is 23.6 Å². The van der Waals surface area contributed by atoms with Gasteiger partial charge in [-0.05, 0) is 45.0 Å². The average Bonchev–Trinajstić information content (AvgIpc) is 2.50. The Hall–Kier alpha value is -2.97. The third-order valence-corrected chi connectivity index (χ3v) is 2.89. The summed E-state index contributed by atoms with van der Waals surface area (Å²) in [5, 5.41) is 2.18. The Balaban J connectivity index is 2.67. The van der Waals surface area contributed by atoms with Crippen molar-refractivity contribution in [2.24, 2.45) is 5.73 Å². The minimum atomic E-state index is -1.40. The van der Waals surface area contributed by atoms with E-state index in [1.807, 2.05) is 0 Å². The summed E-state index contributed by atoms with van der Waals surface area (Å²) in [7, 11) is 0. The first-order chi connectivity index (χ1) is 12.0. The summed E-state index contributed by atoms with van der Waals surface area (Å²) >= 11 is 0. The lowest BCUT2D eigenvalue weighted by Gasteiger charge is -2.22. The number of esters is 1. The van der Waals surface area contributed by atoms with Crippen molar-refractivity contribution in [3.63, 3.8) is 0 Å². The highest BCUT2D eigenvalue weighted by Gasteiger charge is 2.27. The smallest absolute Gasteiger partial charge is 0.408 e. The van der Waals surface area contributed by atoms with Gasteiger partial charge in [-0.15, -0.1) is 0 Å². The van der Waals surface area contributed by atoms with Crippen LogP contribution in [0.2, 0.25) is 0 Å². The molecule has 0 heterocycles. The molecule has 0 radical (unpaired) electrons. The summed E-state index contributed by atoms with van der Waals surface area (Å²) in [6.07, 6.45) is -1.46. The Bertz CT molecular complexity index is 681. The van der Waals surface area contributed by atoms with Gasteiger partial charge in [0, 0.05) is 5.56 Å². The van der Waals surface area contributed by atoms with Gasteiger partial charge in [-0.3, -0.25) is 9.59 Å². The van der Waals surface area contributed by atoms with E-state index >= 15 is 0 Å². The van der Waals surface area contributed by atoms with Crippen LogP contribution in [0.5, 0.6) is 0 Å². The zero-order valence-corrected chi connectivity index (χ0v) is 14.7. The number of ketones is 1. The molecule has 26 heavy (non-hydrogen) atoms. The van der Waals surface area contributed by atoms with Crippen LogP contribution in [-0.4, -0.2) is 42.0 Å². The van der Waals surface area contributed by atoms with Crippen molar-refractivity contribution < 1.29 is 33.0 Å². The average molecular weight is 368 g/mol. The van der Waals surface area contributed by atoms with E-state index in [1.165, 1.54) is 12.1 Å². The molecule has 1 rings (SSSR count). The zero-order chi connectivity index (χ0) is 19.9. The summed E-state index contributed by atoms with van der Waals surface area (Å²) in [5.74, 6) is -2.96. The van der Waals surface area contributed by atoms with Gasteiger partial charge >= 0.3 is 12.1 Å². The Kier molecular flexibility index (Phi) is 7.24. The van der Waals surface area contributed by atoms with Crippen molar-refractivity contribution in [2.45, 2.75) is 38.8 Å². The van der Waals surface area contributed by atoms with E-state index in [2.05, 4.69) is 5.32 Å². The highest BCUT2D eigenvalue weighted by Crippen LogP contribution is 2.08. The minimum Gasteiger partial charge on any atom is -0.456 e. The number of ether oxygens (including phenoxy) is 2. The molecule has 9 heteroatoms. The van der Waals surface area contributed by atoms with Crippen LogP contribution in [-0.2, 0) is 19.1 Å². The predicted molar refractivity (Wildman–Crippen MR) is 88.7 cm³/mol. The minimum absolute atomic E-state index is 0.144. The number of primary amides is 1. The largest absolute Gasteiger partial charge is 0.456 e. The van der Waals surface area contributed by atoms with Gasteiger partial charge in [0.2, 0.25) is 5.91 Å². The van der Waals surface area contributed by atoms with Gasteiger partial charge in [-0.2, -0.15) is 0 Å². The van der Waals surface area contributed by atoms with E-state index in [0.717, 1.165) is 12.1 Å². The number of hydrogen-bond acceptors (Lipinski definition) is 6. The monoisotopic (exact) mass is 368 g/mol. The fourth-order valence-electron chi connectivity index (χ4n) is 1.80. The first kappa shape index (κ1) is 21.1. The molecule has 0 aliphatic heterocycles. The summed E-state index contributed by atoms with van der Waals surface area (Å²) in [6, 6.07) is 3.27. The predicted octanol–water partition coefficient (Wildman–Crippen LogP) is 1.32. The van der Waals surface area contributed by atoms with E-state index < -0.39 is 54.2 Å². The van der Waals surface area contributed by atoms with E-state index in [-0.39, 0.29) is 5.56 Å². The second-order valence-electron chi connectivity index (χ2n) is 6.41. The van der Waals surface area contributed by atoms with E-state index in [4.69, 9.17) is 15.2 Å². The molecule has 1 atom stereocenters. The number of halogens is 1. The van der Waals surface area contributed by atoms with Gasteiger partial charge in [0.05, 0.1) is 6.42 Å². The second kappa shape index (κ2) is 8.93. The molecular weight excluding hydrogens is 347 g/mol. The zero-order valence-electron chi connectivity index (χ0n) is 14.7. The Morgan fingerprint density at radius 1 is 1.15 bits per heavy atom. The molecule has 1 aromatic rings. The first-order valence-electron chi connectivity index (χ1n) is 7.71. The Labute approximate surface area is 149 Å². The number of nitrogens with one attached hydrogen (secondary N) is 1. The first-order valence-corrected chi connectivity index (χ1v) is 7.71. The molecule has 2 amide bonds. The summed E-state index contributed by atoms with van der Waals surface area (Å²) < 4.78 is 22.7. The topological polar surface area (TPSA) is 125 Å². The molecule has 1 aromatic carbocycles. The number of carbonyl (C=O) groups is 4. The number of alkyl carbamates (subject to hydrolysis) is 1. The van der Waals surface area contributed by atoms with Gasteiger partial charge in [-0.25, -0.2) is 14.0 Å². The Morgan fingerprint density at radius 3 is 2.23 bits per heavy atom. The molecule has 0 aliphatic carbocycles. The van der Waals surface area contributed by atoms with Crippen LogP contribution in [0.1, 0.15) is 37.6 Å². The van der Waals surface area contributed by atoms with Gasteiger partial charge in [0.1, 0.15) is 17.5 Å². The molecule has 0 fully saturated rings. The lowest BCUT2D eigenvalue weighted by Crippen LogP contribution is -2.46. The van der Waals surface area contributed by atoms with Crippen molar-refractivity contribution in [3.05, 3.63) is 35.6 Å². The maximum atomic E-state index is 12.8. The molecule has 0 aromatic heterocycles. The lowest BCUT2D eigenvalue weighted by atomic mass is 10.1. The van der Waals surface area contributed by atoms with Crippen LogP contribution in [0.25, 0.3) is 0 Å². The molecule has 142 valence electrons. The third kappa shape index (κ3) is 7.73. The number of Topliss-reactive ketones (excluding diaryl/α,β-unsaturated/α-hetero) is 1. The summed E-state index contributed by atoms with van der Waals surface area (Å²) in [5.41, 5.74) is 4.38. The van der Waals surface area contributed by atoms with Crippen LogP contribution >= 0.6 is 0 Å². The molecule has 0 spiro atoms. The maximum Gasteiger partial charge on any atom is 0.408 e. The van der Waals surface area contributed by atoms with E-state index in [1.54, 1.807) is 20.8 Å². The number of carbonyl (C=O) groups excluding carboxylic acids is 4. The van der Waals surface area contributed by atoms with Crippen molar-refractivity contribution >= 4 is 23.8 Å². The highest BCUT2D eigenvalue weighted by molar-refractivity contribution is 5.98. The molecule has 0 saturated carbocycles. The molecule has 8 nitrogen and oxygen atoms in total. The van der Waals surface area contributed by atoms with Crippen LogP contribution in [0.3, 0.4) is 0 Å². The normalized spacial score (nSPS) is 12.0. The quantitative estimate of drug-likeness (QED) is 0.552. The van der Waals surface area contributed by atoms with Crippen LogP contribution in [0, 0.1) is 5.82 Å². The molecule has 0 unspecified atom stereocenters. The van der Waals surface area contributed by atoms with Crippen LogP contribution in [0.4, 0.5) is 9.18 Å². The van der Waals surface area contributed by atoms with Crippen molar-refractivity contribution in [2.75, 3.05) is 6.61 Å². The summed E-state index contributed by atoms with van der Waals surface area (Å²) in [4.78, 5) is 46.8. The fourth-order valence-corrected chi connectivity index (χ4v) is 1.80. The molecule has 0 saturated heterocycles. The van der Waals surface area contributed by atoms with Crippen molar-refractivity contribution in [1.29, 1.82) is 0 Å². The SMILES string of the molecule is CC(C)(C)OC(=O)N[C@@H](CC(N)=O)C(=O)OCC(=O)c1ccc(F)cc1. The number of amides is 2. The number of hydrogen-bond donors (Lipinski definition) is 2. The molecule has 0 aliphatic rings. The molecule has 0 bridgehead atoms. The standard InChI is InChI=1S/C17H21FN2O6/c1-17(2,3)26-16(24)20-12(8-14(19)22)15(23)25-9-13(21)10-4-6-11(18)7-5-10/h4-7,12H,8-9H2,1-3H3,(H2,19,22)(H,20,24)/t12-/m0/s1. The van der Waals surface area contributed by atoms with Gasteiger partial charge in [0.25, 0.3) is 0 Å². The van der Waals surface area contributed by atoms with Gasteiger partial charge in [0.15, 0.2) is 12.4 Å². The van der Waals surface area contributed by atoms with E-state index in [0.29, 0.717) is 0 Å². The van der Waals surface area contributed by atoms with Crippen molar-refractivity contribution in [1.82, 2.24) is 5.32 Å². The molecular formula is C17H21FN2O6. The van der Waals surface area contributed by atoms with Crippen LogP contribution in [0.15, 0.2) is 24.3 Å². The molecule has 3 N–H and O–H groups in total. The summed E-state index contributed by atoms with van der Waals surface area (Å²) in [6.45, 7) is 4.22.